The summed E-state index contributed by atoms with van der Waals surface area (Å²) in [4.78, 5) is 15.1. The number of ether oxygens (including phenoxy) is 1. The second kappa shape index (κ2) is 6.21. The smallest absolute Gasteiger partial charge is 0.323 e. The molecule has 7 heteroatoms. The largest absolute Gasteiger partial charge is 0.461 e. The first-order valence-electron chi connectivity index (χ1n) is 7.17. The van der Waals surface area contributed by atoms with Crippen molar-refractivity contribution in [3.8, 4) is 6.01 Å². The van der Waals surface area contributed by atoms with Crippen LogP contribution in [-0.2, 0) is 0 Å². The molecule has 0 aromatic carbocycles. The van der Waals surface area contributed by atoms with Crippen molar-refractivity contribution < 1.29 is 4.74 Å². The standard InChI is InChI=1S/C13H24N6O/c1-8(2)20-13-16-11(18-14)15-12(17-13)19-7-5-6-9(3)10(19)4/h8-10H,5-7,14H2,1-4H3,(H,15,16,17,18). The van der Waals surface area contributed by atoms with E-state index in [1.54, 1.807) is 0 Å². The monoisotopic (exact) mass is 280 g/mol. The molecule has 7 nitrogen and oxygen atoms in total. The first-order chi connectivity index (χ1) is 9.51. The highest BCUT2D eigenvalue weighted by atomic mass is 16.5. The van der Waals surface area contributed by atoms with Gasteiger partial charge in [0.05, 0.1) is 6.10 Å². The van der Waals surface area contributed by atoms with Crippen LogP contribution in [0.4, 0.5) is 11.9 Å². The summed E-state index contributed by atoms with van der Waals surface area (Å²) in [6.07, 6.45) is 2.39. The van der Waals surface area contributed by atoms with Gasteiger partial charge in [0.2, 0.25) is 11.9 Å². The van der Waals surface area contributed by atoms with Gasteiger partial charge < -0.3 is 9.64 Å². The number of nitrogens with two attached hydrogens (primary N) is 1. The predicted molar refractivity (Wildman–Crippen MR) is 78.6 cm³/mol. The Kier molecular flexibility index (Phi) is 4.59. The van der Waals surface area contributed by atoms with Gasteiger partial charge in [0, 0.05) is 12.6 Å². The highest BCUT2D eigenvalue weighted by Crippen LogP contribution is 2.27. The van der Waals surface area contributed by atoms with E-state index in [0.29, 0.717) is 29.9 Å². The van der Waals surface area contributed by atoms with Crippen LogP contribution in [0.1, 0.15) is 40.5 Å². The second-order valence-corrected chi connectivity index (χ2v) is 5.61. The van der Waals surface area contributed by atoms with Crippen molar-refractivity contribution in [1.82, 2.24) is 15.0 Å². The number of nitrogens with one attached hydrogen (secondary N) is 1. The Morgan fingerprint density at radius 1 is 1.30 bits per heavy atom. The Bertz CT molecular complexity index is 452. The SMILES string of the molecule is CC(C)Oc1nc(NN)nc(N2CCCC(C)C2C)n1. The third-order valence-electron chi connectivity index (χ3n) is 3.70. The molecule has 20 heavy (non-hydrogen) atoms. The molecule has 1 fully saturated rings. The second-order valence-electron chi connectivity index (χ2n) is 5.61. The molecule has 0 bridgehead atoms. The zero-order valence-corrected chi connectivity index (χ0v) is 12.6. The number of rotatable bonds is 4. The summed E-state index contributed by atoms with van der Waals surface area (Å²) in [6, 6.07) is 0.701. The molecule has 0 radical (unpaired) electrons. The molecule has 112 valence electrons. The van der Waals surface area contributed by atoms with Gasteiger partial charge in [-0.2, -0.15) is 15.0 Å². The molecule has 0 spiro atoms. The zero-order valence-electron chi connectivity index (χ0n) is 12.6. The van der Waals surface area contributed by atoms with E-state index >= 15 is 0 Å². The van der Waals surface area contributed by atoms with Crippen LogP contribution in [0.3, 0.4) is 0 Å². The number of aromatic nitrogens is 3. The molecule has 3 N–H and O–H groups in total. The summed E-state index contributed by atoms with van der Waals surface area (Å²) in [7, 11) is 0. The number of anilines is 2. The van der Waals surface area contributed by atoms with Crippen LogP contribution in [0.2, 0.25) is 0 Å². The fourth-order valence-corrected chi connectivity index (χ4v) is 2.42. The molecule has 0 saturated carbocycles. The van der Waals surface area contributed by atoms with Crippen LogP contribution < -0.4 is 20.9 Å². The molecule has 1 aliphatic rings. The third kappa shape index (κ3) is 3.27. The Morgan fingerprint density at radius 3 is 2.70 bits per heavy atom. The maximum absolute atomic E-state index is 5.57. The zero-order chi connectivity index (χ0) is 14.7. The van der Waals surface area contributed by atoms with Crippen molar-refractivity contribution in [2.75, 3.05) is 16.9 Å². The predicted octanol–water partition coefficient (Wildman–Crippen LogP) is 1.57. The number of hydrogen-bond donors (Lipinski definition) is 2. The van der Waals surface area contributed by atoms with E-state index in [4.69, 9.17) is 10.6 Å². The van der Waals surface area contributed by atoms with Crippen LogP contribution in [0.5, 0.6) is 6.01 Å². The van der Waals surface area contributed by atoms with Gasteiger partial charge in [0.15, 0.2) is 0 Å². The van der Waals surface area contributed by atoms with E-state index in [9.17, 15) is 0 Å². The van der Waals surface area contributed by atoms with Crippen LogP contribution in [-0.4, -0.2) is 33.6 Å². The van der Waals surface area contributed by atoms with Gasteiger partial charge >= 0.3 is 6.01 Å². The molecule has 1 aliphatic heterocycles. The molecule has 0 aliphatic carbocycles. The van der Waals surface area contributed by atoms with E-state index < -0.39 is 0 Å². The Balaban J connectivity index is 2.29. The van der Waals surface area contributed by atoms with Crippen LogP contribution in [0, 0.1) is 5.92 Å². The molecule has 1 aromatic rings. The molecule has 2 unspecified atom stereocenters. The van der Waals surface area contributed by atoms with Crippen molar-refractivity contribution in [1.29, 1.82) is 0 Å². The molecular formula is C13H24N6O. The molecule has 2 rings (SSSR count). The quantitative estimate of drug-likeness (QED) is 0.639. The summed E-state index contributed by atoms with van der Waals surface area (Å²) in [5, 5.41) is 0. The van der Waals surface area contributed by atoms with Crippen LogP contribution in [0.15, 0.2) is 0 Å². The lowest BCUT2D eigenvalue weighted by Gasteiger charge is -2.37. The van der Waals surface area contributed by atoms with E-state index in [-0.39, 0.29) is 6.10 Å². The van der Waals surface area contributed by atoms with E-state index in [1.807, 2.05) is 13.8 Å². The number of nitrogen functional groups attached to an aromatic ring is 1. The maximum atomic E-state index is 5.57. The van der Waals surface area contributed by atoms with Gasteiger partial charge in [-0.25, -0.2) is 5.84 Å². The van der Waals surface area contributed by atoms with E-state index in [0.717, 1.165) is 13.0 Å². The summed E-state index contributed by atoms with van der Waals surface area (Å²) in [6.45, 7) is 9.27. The minimum atomic E-state index is 0.00794. The van der Waals surface area contributed by atoms with Crippen LogP contribution >= 0.6 is 0 Å². The van der Waals surface area contributed by atoms with Crippen molar-refractivity contribution >= 4 is 11.9 Å². The molecule has 2 atom stereocenters. The molecule has 2 heterocycles. The van der Waals surface area contributed by atoms with Gasteiger partial charge in [-0.15, -0.1) is 0 Å². The average Bonchev–Trinajstić information content (AvgIpc) is 2.40. The number of piperidine rings is 1. The molecule has 1 aromatic heterocycles. The summed E-state index contributed by atoms with van der Waals surface area (Å²) < 4.78 is 5.57. The normalized spacial score (nSPS) is 23.0. The Hall–Kier alpha value is -1.63. The topological polar surface area (TPSA) is 89.2 Å². The highest BCUT2D eigenvalue weighted by molar-refractivity contribution is 5.39. The van der Waals surface area contributed by atoms with E-state index in [1.165, 1.54) is 6.42 Å². The fourth-order valence-electron chi connectivity index (χ4n) is 2.42. The summed E-state index contributed by atoms with van der Waals surface area (Å²) in [5.74, 6) is 7.01. The van der Waals surface area contributed by atoms with Gasteiger partial charge in [0.1, 0.15) is 0 Å². The first kappa shape index (κ1) is 14.8. The number of hydrazine groups is 1. The number of nitrogens with zero attached hydrogens (tertiary/aromatic N) is 4. The summed E-state index contributed by atoms with van der Waals surface area (Å²) in [5.41, 5.74) is 2.48. The van der Waals surface area contributed by atoms with Crippen molar-refractivity contribution in [3.63, 3.8) is 0 Å². The molecule has 0 amide bonds. The Labute approximate surface area is 119 Å². The Morgan fingerprint density at radius 2 is 2.05 bits per heavy atom. The van der Waals surface area contributed by atoms with Gasteiger partial charge in [-0.1, -0.05) is 6.92 Å². The summed E-state index contributed by atoms with van der Waals surface area (Å²) >= 11 is 0. The van der Waals surface area contributed by atoms with E-state index in [2.05, 4.69) is 39.1 Å². The van der Waals surface area contributed by atoms with Crippen LogP contribution in [0.25, 0.3) is 0 Å². The van der Waals surface area contributed by atoms with Gasteiger partial charge in [0.25, 0.3) is 0 Å². The van der Waals surface area contributed by atoms with Gasteiger partial charge in [-0.3, -0.25) is 5.43 Å². The highest BCUT2D eigenvalue weighted by Gasteiger charge is 2.27. The maximum Gasteiger partial charge on any atom is 0.323 e. The molecule has 1 saturated heterocycles. The molecular weight excluding hydrogens is 256 g/mol. The van der Waals surface area contributed by atoms with Crippen molar-refractivity contribution in [3.05, 3.63) is 0 Å². The average molecular weight is 280 g/mol. The first-order valence-corrected chi connectivity index (χ1v) is 7.17. The lowest BCUT2D eigenvalue weighted by molar-refractivity contribution is 0.221. The lowest BCUT2D eigenvalue weighted by Crippen LogP contribution is -2.43. The van der Waals surface area contributed by atoms with Crippen molar-refractivity contribution in [2.24, 2.45) is 11.8 Å². The lowest BCUT2D eigenvalue weighted by atomic mass is 9.92. The fraction of sp³-hybridized carbons (Fsp3) is 0.769. The minimum absolute atomic E-state index is 0.00794. The third-order valence-corrected chi connectivity index (χ3v) is 3.70. The number of hydrogen-bond acceptors (Lipinski definition) is 7. The van der Waals surface area contributed by atoms with Gasteiger partial charge in [-0.05, 0) is 39.5 Å². The van der Waals surface area contributed by atoms with Crippen molar-refractivity contribution in [2.45, 2.75) is 52.7 Å². The minimum Gasteiger partial charge on any atom is -0.461 e.